The van der Waals surface area contributed by atoms with Gasteiger partial charge in [0.1, 0.15) is 0 Å². The average Bonchev–Trinajstić information content (AvgIpc) is 2.66. The molecular weight excluding hydrogens is 609 g/mol. The van der Waals surface area contributed by atoms with Crippen molar-refractivity contribution in [3.05, 3.63) is 0 Å². The predicted molar refractivity (Wildman–Crippen MR) is 174 cm³/mol. The van der Waals surface area contributed by atoms with Gasteiger partial charge in [-0.3, -0.25) is 9.59 Å². The Bertz CT molecular complexity index is 736. The number of carbonyl (C=O) groups is 2. The molecule has 226 valence electrons. The van der Waals surface area contributed by atoms with Crippen LogP contribution in [0, 0.1) is 5.92 Å². The lowest BCUT2D eigenvalue weighted by atomic mass is 10.0. The molecule has 0 aromatic rings. The number of carboxylic acids is 2. The summed E-state index contributed by atoms with van der Waals surface area (Å²) in [7, 11) is -11.2. The summed E-state index contributed by atoms with van der Waals surface area (Å²) in [5, 5.41) is 18.1. The van der Waals surface area contributed by atoms with Gasteiger partial charge in [-0.25, -0.2) is 0 Å². The van der Waals surface area contributed by atoms with Crippen LogP contribution in [0.4, 0.5) is 0 Å². The van der Waals surface area contributed by atoms with Crippen LogP contribution < -0.4 is 0 Å². The summed E-state index contributed by atoms with van der Waals surface area (Å²) in [6, 6.07) is 1.72. The first-order chi connectivity index (χ1) is 17.1. The molecule has 0 radical (unpaired) electrons. The van der Waals surface area contributed by atoms with Crippen molar-refractivity contribution in [2.24, 2.45) is 5.92 Å². The molecule has 0 rings (SSSR count). The highest BCUT2D eigenvalue weighted by Crippen LogP contribution is 2.32. The van der Waals surface area contributed by atoms with Crippen LogP contribution in [-0.2, 0) is 26.0 Å². The Morgan fingerprint density at radius 3 is 1.71 bits per heavy atom. The van der Waals surface area contributed by atoms with Crippen LogP contribution in [0.3, 0.4) is 0 Å². The Hall–Kier alpha value is 0.564. The van der Waals surface area contributed by atoms with E-state index in [0.717, 1.165) is 42.2 Å². The highest BCUT2D eigenvalue weighted by Gasteiger charge is 2.48. The molecule has 0 bridgehead atoms. The number of rotatable bonds is 22. The molecule has 0 amide bonds. The Labute approximate surface area is 246 Å². The molecule has 0 fully saturated rings. The van der Waals surface area contributed by atoms with Crippen molar-refractivity contribution in [1.29, 1.82) is 0 Å². The largest absolute Gasteiger partial charge is 0.481 e. The van der Waals surface area contributed by atoms with Crippen LogP contribution in [0.5, 0.6) is 0 Å². The second kappa shape index (κ2) is 16.9. The van der Waals surface area contributed by atoms with Gasteiger partial charge in [0.15, 0.2) is 16.6 Å². The minimum atomic E-state index is -2.65. The molecule has 0 aliphatic rings. The van der Waals surface area contributed by atoms with E-state index in [1.807, 2.05) is 0 Å². The molecule has 0 aliphatic carbocycles. The SMILES string of the molecule is C[Si](C)(C)O[Si](C)(C)O[Si](C)(CCCSCCCC(CC(=O)O)C(=O)O)O[Si](C)(CCCS)O[Si](C)(C)C. The van der Waals surface area contributed by atoms with Gasteiger partial charge in [0.2, 0.25) is 0 Å². The van der Waals surface area contributed by atoms with E-state index >= 15 is 0 Å². The van der Waals surface area contributed by atoms with Crippen molar-refractivity contribution in [2.45, 2.75) is 110 Å². The lowest BCUT2D eigenvalue weighted by molar-refractivity contribution is -0.148. The zero-order valence-corrected chi connectivity index (χ0v) is 32.1. The maximum atomic E-state index is 11.3. The first-order valence-electron chi connectivity index (χ1n) is 13.5. The second-order valence-electron chi connectivity index (χ2n) is 12.6. The lowest BCUT2D eigenvalue weighted by Crippen LogP contribution is -2.60. The summed E-state index contributed by atoms with van der Waals surface area (Å²) in [6.45, 7) is 21.8. The van der Waals surface area contributed by atoms with E-state index in [2.05, 4.69) is 78.1 Å². The Morgan fingerprint density at radius 2 is 1.24 bits per heavy atom. The number of carboxylic acid groups (broad SMARTS) is 2. The quantitative estimate of drug-likeness (QED) is 0.0643. The third-order valence-corrected chi connectivity index (χ3v) is 25.0. The fourth-order valence-corrected chi connectivity index (χ4v) is 30.0. The topological polar surface area (TPSA) is 112 Å². The van der Waals surface area contributed by atoms with Crippen LogP contribution >= 0.6 is 24.4 Å². The molecular formula is C23H54O8S2Si5. The van der Waals surface area contributed by atoms with Crippen LogP contribution in [0.25, 0.3) is 0 Å². The number of thioether (sulfide) groups is 1. The molecule has 15 heteroatoms. The molecule has 0 aromatic heterocycles. The molecule has 0 aromatic carbocycles. The minimum absolute atomic E-state index is 0.326. The molecule has 3 atom stereocenters. The van der Waals surface area contributed by atoms with E-state index in [0.29, 0.717) is 12.8 Å². The van der Waals surface area contributed by atoms with Gasteiger partial charge in [0.05, 0.1) is 12.3 Å². The molecule has 38 heavy (non-hydrogen) atoms. The highest BCUT2D eigenvalue weighted by atomic mass is 32.2. The van der Waals surface area contributed by atoms with Crippen molar-refractivity contribution in [1.82, 2.24) is 0 Å². The molecule has 2 N–H and O–H groups in total. The Balaban J connectivity index is 5.34. The normalized spacial score (nSPS) is 17.0. The van der Waals surface area contributed by atoms with Crippen molar-refractivity contribution in [2.75, 3.05) is 17.3 Å². The monoisotopic (exact) mass is 662 g/mol. The third kappa shape index (κ3) is 19.6. The van der Waals surface area contributed by atoms with Crippen LogP contribution in [0.1, 0.15) is 32.1 Å². The van der Waals surface area contributed by atoms with Gasteiger partial charge in [-0.1, -0.05) is 0 Å². The van der Waals surface area contributed by atoms with Crippen LogP contribution in [0.15, 0.2) is 0 Å². The molecule has 3 unspecified atom stereocenters. The molecule has 8 nitrogen and oxygen atoms in total. The van der Waals surface area contributed by atoms with E-state index < -0.39 is 60.2 Å². The maximum absolute atomic E-state index is 11.3. The van der Waals surface area contributed by atoms with E-state index in [1.54, 1.807) is 11.8 Å². The van der Waals surface area contributed by atoms with Crippen molar-refractivity contribution in [3.8, 4) is 0 Å². The number of hydrogen-bond acceptors (Lipinski definition) is 8. The fraction of sp³-hybridized carbons (Fsp3) is 0.913. The molecule has 0 spiro atoms. The van der Waals surface area contributed by atoms with Crippen LogP contribution in [-0.4, -0.2) is 81.7 Å². The van der Waals surface area contributed by atoms with Gasteiger partial charge in [-0.15, -0.1) is 0 Å². The van der Waals surface area contributed by atoms with Gasteiger partial charge in [-0.05, 0) is 121 Å². The van der Waals surface area contributed by atoms with Crippen molar-refractivity contribution < 1.29 is 36.3 Å². The summed E-state index contributed by atoms with van der Waals surface area (Å²) in [5.41, 5.74) is 0. The van der Waals surface area contributed by atoms with Crippen LogP contribution in [0.2, 0.25) is 77.6 Å². The summed E-state index contributed by atoms with van der Waals surface area (Å²) in [5.74, 6) is -0.420. The zero-order valence-electron chi connectivity index (χ0n) is 25.3. The van der Waals surface area contributed by atoms with Gasteiger partial charge < -0.3 is 26.7 Å². The minimum Gasteiger partial charge on any atom is -0.481 e. The highest BCUT2D eigenvalue weighted by molar-refractivity contribution is 7.99. The standard InChI is InChI=1S/C23H54O8S2Si5/c1-34(2,3)28-36(7,8)30-38(10,31-37(9,18-12-15-32)29-35(4,5)6)19-13-17-33-16-11-14-21(23(26)27)20-22(24)25/h21,32H,11-20H2,1-10H3,(H,24,25)(H,26,27). The van der Waals surface area contributed by atoms with Crippen molar-refractivity contribution >= 4 is 78.6 Å². The van der Waals surface area contributed by atoms with E-state index in [-0.39, 0.29) is 6.42 Å². The summed E-state index contributed by atoms with van der Waals surface area (Å²) in [4.78, 5) is 22.2. The van der Waals surface area contributed by atoms with Gasteiger partial charge in [-0.2, -0.15) is 24.4 Å². The number of hydrogen-bond donors (Lipinski definition) is 3. The van der Waals surface area contributed by atoms with Gasteiger partial charge in [0.25, 0.3) is 0 Å². The molecule has 0 heterocycles. The first kappa shape index (κ1) is 38.6. The summed E-state index contributed by atoms with van der Waals surface area (Å²) in [6.07, 6.45) is 2.60. The van der Waals surface area contributed by atoms with Crippen molar-refractivity contribution in [3.63, 3.8) is 0 Å². The molecule has 0 saturated carbocycles. The predicted octanol–water partition coefficient (Wildman–Crippen LogP) is 6.97. The zero-order chi connectivity index (χ0) is 29.8. The molecule has 0 aliphatic heterocycles. The first-order valence-corrected chi connectivity index (χ1v) is 30.0. The van der Waals surface area contributed by atoms with E-state index in [9.17, 15) is 14.7 Å². The van der Waals surface area contributed by atoms with Gasteiger partial charge >= 0.3 is 37.6 Å². The number of thiol groups is 1. The summed E-state index contributed by atoms with van der Waals surface area (Å²) < 4.78 is 27.2. The Morgan fingerprint density at radius 1 is 0.737 bits per heavy atom. The van der Waals surface area contributed by atoms with E-state index in [4.69, 9.17) is 21.6 Å². The number of aliphatic carboxylic acids is 2. The maximum Gasteiger partial charge on any atom is 0.317 e. The Kier molecular flexibility index (Phi) is 17.1. The van der Waals surface area contributed by atoms with Gasteiger partial charge in [0, 0.05) is 0 Å². The molecule has 0 saturated heterocycles. The average molecular weight is 663 g/mol. The second-order valence-corrected chi connectivity index (χ2v) is 34.3. The third-order valence-electron chi connectivity index (χ3n) is 5.29. The lowest BCUT2D eigenvalue weighted by Gasteiger charge is -2.44. The fourth-order valence-electron chi connectivity index (χ4n) is 4.58. The summed E-state index contributed by atoms with van der Waals surface area (Å²) >= 11 is 6.21. The smallest absolute Gasteiger partial charge is 0.317 e. The van der Waals surface area contributed by atoms with E-state index in [1.165, 1.54) is 0 Å².